The number of rotatable bonds is 3. The summed E-state index contributed by atoms with van der Waals surface area (Å²) in [6, 6.07) is 0. The average molecular weight is 202 g/mol. The minimum Gasteiger partial charge on any atom is -0.469 e. The molecule has 6 heteroatoms. The van der Waals surface area contributed by atoms with Crippen LogP contribution in [-0.2, 0) is 9.53 Å². The van der Waals surface area contributed by atoms with Crippen molar-refractivity contribution in [2.45, 2.75) is 17.8 Å². The van der Waals surface area contributed by atoms with E-state index in [9.17, 15) is 18.0 Å². The Bertz CT molecular complexity index is 157. The van der Waals surface area contributed by atoms with Crippen LogP contribution in [0.25, 0.3) is 0 Å². The summed E-state index contributed by atoms with van der Waals surface area (Å²) in [4.78, 5) is 10.5. The highest BCUT2D eigenvalue weighted by Gasteiger charge is 2.40. The summed E-state index contributed by atoms with van der Waals surface area (Å²) < 4.78 is 40.1. The lowest BCUT2D eigenvalue weighted by Crippen LogP contribution is -2.28. The van der Waals surface area contributed by atoms with Gasteiger partial charge >= 0.3 is 12.1 Å². The average Bonchev–Trinajstić information content (AvgIpc) is 1.97. The molecule has 0 aliphatic rings. The van der Waals surface area contributed by atoms with Crippen LogP contribution in [-0.4, -0.2) is 30.8 Å². The summed E-state index contributed by atoms with van der Waals surface area (Å²) >= 11 is 0.595. The van der Waals surface area contributed by atoms with E-state index >= 15 is 0 Å². The van der Waals surface area contributed by atoms with Gasteiger partial charge in [-0.1, -0.05) is 0 Å². The molecule has 0 aromatic heterocycles. The van der Waals surface area contributed by atoms with Crippen LogP contribution in [0.5, 0.6) is 0 Å². The standard InChI is InChI=1S/C6H9F3O2S/c1-11-5(10)3-4(12-2)6(7,8)9/h4H,3H2,1-2H3. The molecule has 0 N–H and O–H groups in total. The maximum absolute atomic E-state index is 12.0. The van der Waals surface area contributed by atoms with Crippen molar-refractivity contribution in [1.29, 1.82) is 0 Å². The summed E-state index contributed by atoms with van der Waals surface area (Å²) in [6.45, 7) is 0. The molecule has 0 radical (unpaired) electrons. The number of thioether (sulfide) groups is 1. The van der Waals surface area contributed by atoms with E-state index in [4.69, 9.17) is 0 Å². The number of carbonyl (C=O) groups excluding carboxylic acids is 1. The van der Waals surface area contributed by atoms with Gasteiger partial charge in [-0.15, -0.1) is 0 Å². The lowest BCUT2D eigenvalue weighted by atomic mass is 10.3. The van der Waals surface area contributed by atoms with E-state index in [0.717, 1.165) is 7.11 Å². The van der Waals surface area contributed by atoms with Gasteiger partial charge in [-0.2, -0.15) is 24.9 Å². The molecule has 0 aromatic rings. The molecule has 0 bridgehead atoms. The van der Waals surface area contributed by atoms with E-state index in [1.54, 1.807) is 0 Å². The molecule has 0 aliphatic carbocycles. The number of esters is 1. The van der Waals surface area contributed by atoms with Crippen LogP contribution in [0.1, 0.15) is 6.42 Å². The molecule has 12 heavy (non-hydrogen) atoms. The SMILES string of the molecule is COC(=O)CC(SC)C(F)(F)F. The van der Waals surface area contributed by atoms with Gasteiger partial charge in [0.25, 0.3) is 0 Å². The monoisotopic (exact) mass is 202 g/mol. The van der Waals surface area contributed by atoms with E-state index in [2.05, 4.69) is 4.74 Å². The topological polar surface area (TPSA) is 26.3 Å². The van der Waals surface area contributed by atoms with Crippen molar-refractivity contribution in [3.63, 3.8) is 0 Å². The molecule has 0 fully saturated rings. The first kappa shape index (κ1) is 11.6. The minimum absolute atomic E-state index is 0.595. The minimum atomic E-state index is -4.34. The van der Waals surface area contributed by atoms with Gasteiger partial charge in [0.1, 0.15) is 5.25 Å². The molecular formula is C6H9F3O2S. The third-order valence-electron chi connectivity index (χ3n) is 1.23. The van der Waals surface area contributed by atoms with Crippen LogP contribution >= 0.6 is 11.8 Å². The number of methoxy groups -OCH3 is 1. The smallest absolute Gasteiger partial charge is 0.401 e. The molecule has 0 saturated heterocycles. The predicted octanol–water partition coefficient (Wildman–Crippen LogP) is 1.84. The molecule has 1 unspecified atom stereocenters. The molecule has 2 nitrogen and oxygen atoms in total. The second-order valence-corrected chi connectivity index (χ2v) is 3.09. The summed E-state index contributed by atoms with van der Waals surface area (Å²) in [5, 5.41) is -1.66. The van der Waals surface area contributed by atoms with Crippen LogP contribution in [0.4, 0.5) is 13.2 Å². The van der Waals surface area contributed by atoms with Crippen LogP contribution in [0, 0.1) is 0 Å². The Morgan fingerprint density at radius 2 is 2.08 bits per heavy atom. The van der Waals surface area contributed by atoms with E-state index in [0.29, 0.717) is 11.8 Å². The van der Waals surface area contributed by atoms with Crippen molar-refractivity contribution in [3.8, 4) is 0 Å². The molecule has 0 heterocycles. The molecule has 0 spiro atoms. The second kappa shape index (κ2) is 4.59. The van der Waals surface area contributed by atoms with Crippen LogP contribution in [0.15, 0.2) is 0 Å². The first-order chi connectivity index (χ1) is 5.41. The fourth-order valence-electron chi connectivity index (χ4n) is 0.567. The normalized spacial score (nSPS) is 14.1. The van der Waals surface area contributed by atoms with Crippen molar-refractivity contribution < 1.29 is 22.7 Å². The third kappa shape index (κ3) is 3.85. The lowest BCUT2D eigenvalue weighted by Gasteiger charge is -2.16. The molecule has 0 rings (SSSR count). The van der Waals surface area contributed by atoms with E-state index in [1.807, 2.05) is 0 Å². The summed E-state index contributed by atoms with van der Waals surface area (Å²) in [6.07, 6.45) is -3.66. The predicted molar refractivity (Wildman–Crippen MR) is 40.0 cm³/mol. The molecule has 0 aliphatic heterocycles. The summed E-state index contributed by atoms with van der Waals surface area (Å²) in [5.74, 6) is -0.841. The Balaban J connectivity index is 4.09. The quantitative estimate of drug-likeness (QED) is 0.653. The zero-order valence-electron chi connectivity index (χ0n) is 6.64. The first-order valence-corrected chi connectivity index (χ1v) is 4.37. The fourth-order valence-corrected chi connectivity index (χ4v) is 1.14. The highest BCUT2D eigenvalue weighted by atomic mass is 32.2. The van der Waals surface area contributed by atoms with E-state index in [-0.39, 0.29) is 0 Å². The fraction of sp³-hybridized carbons (Fsp3) is 0.833. The molecule has 1 atom stereocenters. The van der Waals surface area contributed by atoms with Crippen LogP contribution in [0.3, 0.4) is 0 Å². The Hall–Kier alpha value is -0.390. The van der Waals surface area contributed by atoms with Gasteiger partial charge in [0.2, 0.25) is 0 Å². The zero-order valence-corrected chi connectivity index (χ0v) is 7.46. The van der Waals surface area contributed by atoms with Crippen LogP contribution < -0.4 is 0 Å². The van der Waals surface area contributed by atoms with Crippen molar-refractivity contribution in [1.82, 2.24) is 0 Å². The third-order valence-corrected chi connectivity index (χ3v) is 2.23. The van der Waals surface area contributed by atoms with Gasteiger partial charge in [-0.3, -0.25) is 4.79 Å². The van der Waals surface area contributed by atoms with Gasteiger partial charge < -0.3 is 4.74 Å². The highest BCUT2D eigenvalue weighted by molar-refractivity contribution is 7.99. The molecule has 0 amide bonds. The lowest BCUT2D eigenvalue weighted by molar-refractivity contribution is -0.152. The number of halogens is 3. The maximum Gasteiger partial charge on any atom is 0.401 e. The zero-order chi connectivity index (χ0) is 9.78. The molecule has 0 saturated carbocycles. The van der Waals surface area contributed by atoms with E-state index in [1.165, 1.54) is 6.26 Å². The molecular weight excluding hydrogens is 193 g/mol. The number of alkyl halides is 3. The Kier molecular flexibility index (Phi) is 4.44. The second-order valence-electron chi connectivity index (χ2n) is 2.05. The number of hydrogen-bond donors (Lipinski definition) is 0. The molecule has 72 valence electrons. The van der Waals surface area contributed by atoms with Gasteiger partial charge in [0.15, 0.2) is 0 Å². The van der Waals surface area contributed by atoms with Crippen molar-refractivity contribution in [2.24, 2.45) is 0 Å². The maximum atomic E-state index is 12.0. The van der Waals surface area contributed by atoms with Crippen molar-refractivity contribution in [3.05, 3.63) is 0 Å². The first-order valence-electron chi connectivity index (χ1n) is 3.08. The van der Waals surface area contributed by atoms with Crippen molar-refractivity contribution in [2.75, 3.05) is 13.4 Å². The number of hydrogen-bond acceptors (Lipinski definition) is 3. The number of ether oxygens (including phenoxy) is 1. The summed E-state index contributed by atoms with van der Waals surface area (Å²) in [7, 11) is 1.07. The largest absolute Gasteiger partial charge is 0.469 e. The van der Waals surface area contributed by atoms with Gasteiger partial charge in [0, 0.05) is 0 Å². The highest BCUT2D eigenvalue weighted by Crippen LogP contribution is 2.31. The summed E-state index contributed by atoms with van der Waals surface area (Å²) in [5.41, 5.74) is 0. The van der Waals surface area contributed by atoms with Gasteiger partial charge in [-0.05, 0) is 6.26 Å². The van der Waals surface area contributed by atoms with Gasteiger partial charge in [0.05, 0.1) is 13.5 Å². The Labute approximate surface area is 72.5 Å². The number of carbonyl (C=O) groups is 1. The Morgan fingerprint density at radius 3 is 2.33 bits per heavy atom. The van der Waals surface area contributed by atoms with Crippen LogP contribution in [0.2, 0.25) is 0 Å². The van der Waals surface area contributed by atoms with Gasteiger partial charge in [-0.25, -0.2) is 0 Å². The molecule has 0 aromatic carbocycles. The van der Waals surface area contributed by atoms with Crippen molar-refractivity contribution >= 4 is 17.7 Å². The Morgan fingerprint density at radius 1 is 1.58 bits per heavy atom. The van der Waals surface area contributed by atoms with E-state index < -0.39 is 23.8 Å².